The van der Waals surface area contributed by atoms with Crippen molar-refractivity contribution in [3.8, 4) is 22.1 Å². The minimum Gasteiger partial charge on any atom is -0.454 e. The highest BCUT2D eigenvalue weighted by atomic mass is 35.5. The number of thiazole rings is 1. The molecule has 2 N–H and O–H groups in total. The zero-order valence-electron chi connectivity index (χ0n) is 14.3. The SMILES string of the molecule is CC1(CN)CCN(C(=O)c2csc(-c3ccc4c(c3)OCO4)n2)C1.Cl.Cl. The largest absolute Gasteiger partial charge is 0.454 e. The number of benzene rings is 1. The van der Waals surface area contributed by atoms with Crippen molar-refractivity contribution in [1.82, 2.24) is 9.88 Å². The molecule has 2 aliphatic rings. The Hall–Kier alpha value is -1.54. The van der Waals surface area contributed by atoms with Crippen LogP contribution in [-0.4, -0.2) is 42.2 Å². The van der Waals surface area contributed by atoms with Crippen molar-refractivity contribution in [3.63, 3.8) is 0 Å². The smallest absolute Gasteiger partial charge is 0.273 e. The first-order chi connectivity index (χ1) is 11.6. The average Bonchev–Trinajstić information content (AvgIpc) is 3.33. The Kier molecular flexibility index (Phi) is 6.39. The minimum atomic E-state index is -0.0181. The Bertz CT molecular complexity index is 801. The predicted octanol–water partition coefficient (Wildman–Crippen LogP) is 3.19. The van der Waals surface area contributed by atoms with Crippen LogP contribution in [0.15, 0.2) is 23.6 Å². The highest BCUT2D eigenvalue weighted by Gasteiger charge is 2.35. The van der Waals surface area contributed by atoms with Gasteiger partial charge < -0.3 is 20.1 Å². The van der Waals surface area contributed by atoms with E-state index in [1.165, 1.54) is 11.3 Å². The number of carbonyl (C=O) groups excluding carboxylic acids is 1. The molecule has 1 saturated heterocycles. The van der Waals surface area contributed by atoms with Gasteiger partial charge in [-0.2, -0.15) is 0 Å². The molecule has 0 spiro atoms. The van der Waals surface area contributed by atoms with Crippen LogP contribution in [0.25, 0.3) is 10.6 Å². The summed E-state index contributed by atoms with van der Waals surface area (Å²) in [6, 6.07) is 5.70. The van der Waals surface area contributed by atoms with E-state index < -0.39 is 0 Å². The second-order valence-electron chi connectivity index (χ2n) is 6.60. The van der Waals surface area contributed by atoms with Crippen LogP contribution < -0.4 is 15.2 Å². The Morgan fingerprint density at radius 1 is 1.35 bits per heavy atom. The molecule has 0 radical (unpaired) electrons. The summed E-state index contributed by atoms with van der Waals surface area (Å²) in [5.41, 5.74) is 7.26. The summed E-state index contributed by atoms with van der Waals surface area (Å²) in [5, 5.41) is 2.62. The van der Waals surface area contributed by atoms with Gasteiger partial charge in [0.2, 0.25) is 6.79 Å². The van der Waals surface area contributed by atoms with E-state index in [2.05, 4.69) is 11.9 Å². The number of rotatable bonds is 3. The van der Waals surface area contributed by atoms with E-state index in [0.29, 0.717) is 24.5 Å². The fourth-order valence-corrected chi connectivity index (χ4v) is 3.85. The Balaban J connectivity index is 0.00000121. The molecule has 4 rings (SSSR count). The van der Waals surface area contributed by atoms with Gasteiger partial charge in [0.25, 0.3) is 5.91 Å². The van der Waals surface area contributed by atoms with Gasteiger partial charge in [-0.25, -0.2) is 4.98 Å². The molecule has 2 aliphatic heterocycles. The van der Waals surface area contributed by atoms with Crippen molar-refractivity contribution in [1.29, 1.82) is 0 Å². The molecule has 0 bridgehead atoms. The van der Waals surface area contributed by atoms with E-state index in [1.54, 1.807) is 0 Å². The lowest BCUT2D eigenvalue weighted by Crippen LogP contribution is -2.34. The zero-order chi connectivity index (χ0) is 16.7. The van der Waals surface area contributed by atoms with Gasteiger partial charge >= 0.3 is 0 Å². The van der Waals surface area contributed by atoms with Crippen LogP contribution in [0.1, 0.15) is 23.8 Å². The van der Waals surface area contributed by atoms with Gasteiger partial charge in [-0.15, -0.1) is 36.2 Å². The fraction of sp³-hybridized carbons (Fsp3) is 0.412. The van der Waals surface area contributed by atoms with Gasteiger partial charge in [0.15, 0.2) is 11.5 Å². The van der Waals surface area contributed by atoms with E-state index in [-0.39, 0.29) is 42.9 Å². The third-order valence-electron chi connectivity index (χ3n) is 4.68. The summed E-state index contributed by atoms with van der Waals surface area (Å²) in [5.74, 6) is 1.44. The molecule has 26 heavy (non-hydrogen) atoms. The van der Waals surface area contributed by atoms with Gasteiger partial charge in [-0.05, 0) is 36.6 Å². The first-order valence-electron chi connectivity index (χ1n) is 7.93. The summed E-state index contributed by atoms with van der Waals surface area (Å²) in [6.07, 6.45) is 0.939. The molecule has 2 aromatic rings. The monoisotopic (exact) mass is 417 g/mol. The highest BCUT2D eigenvalue weighted by Crippen LogP contribution is 2.37. The van der Waals surface area contributed by atoms with Crippen LogP contribution >= 0.6 is 36.2 Å². The number of halogens is 2. The number of likely N-dealkylation sites (tertiary alicyclic amines) is 1. The van der Waals surface area contributed by atoms with Crippen molar-refractivity contribution in [2.75, 3.05) is 26.4 Å². The number of carbonyl (C=O) groups is 1. The van der Waals surface area contributed by atoms with E-state index in [4.69, 9.17) is 15.2 Å². The molecule has 1 aromatic heterocycles. The normalized spacial score (nSPS) is 20.5. The number of hydrogen-bond acceptors (Lipinski definition) is 6. The minimum absolute atomic E-state index is 0. The second kappa shape index (κ2) is 8.00. The van der Waals surface area contributed by atoms with Crippen molar-refractivity contribution >= 4 is 42.1 Å². The Morgan fingerprint density at radius 3 is 2.85 bits per heavy atom. The number of amides is 1. The van der Waals surface area contributed by atoms with Gasteiger partial charge in [0.05, 0.1) is 0 Å². The van der Waals surface area contributed by atoms with Crippen molar-refractivity contribution in [3.05, 3.63) is 29.3 Å². The molecule has 9 heteroatoms. The molecular weight excluding hydrogens is 397 g/mol. The first kappa shape index (κ1) is 20.8. The Labute approximate surface area is 168 Å². The van der Waals surface area contributed by atoms with Crippen LogP contribution in [0, 0.1) is 5.41 Å². The molecule has 142 valence electrons. The maximum absolute atomic E-state index is 12.7. The molecule has 1 unspecified atom stereocenters. The van der Waals surface area contributed by atoms with Gasteiger partial charge in [-0.3, -0.25) is 4.79 Å². The third kappa shape index (κ3) is 3.76. The molecule has 0 aliphatic carbocycles. The van der Waals surface area contributed by atoms with Crippen LogP contribution in [0.4, 0.5) is 0 Å². The summed E-state index contributed by atoms with van der Waals surface area (Å²) < 4.78 is 10.7. The van der Waals surface area contributed by atoms with Crippen LogP contribution in [0.3, 0.4) is 0 Å². The summed E-state index contributed by atoms with van der Waals surface area (Å²) in [6.45, 7) is 4.40. The van der Waals surface area contributed by atoms with E-state index in [1.807, 2.05) is 28.5 Å². The summed E-state index contributed by atoms with van der Waals surface area (Å²) >= 11 is 1.46. The quantitative estimate of drug-likeness (QED) is 0.829. The second-order valence-corrected chi connectivity index (χ2v) is 7.46. The lowest BCUT2D eigenvalue weighted by atomic mass is 9.90. The average molecular weight is 418 g/mol. The standard InChI is InChI=1S/C17H19N3O3S.2ClH/c1-17(8-18)4-5-20(9-17)16(21)12-7-24-15(19-12)11-2-3-13-14(6-11)23-10-22-13;;/h2-3,6-7H,4-5,8-10,18H2,1H3;2*1H. The predicted molar refractivity (Wildman–Crippen MR) is 106 cm³/mol. The van der Waals surface area contributed by atoms with Crippen molar-refractivity contribution in [2.24, 2.45) is 11.1 Å². The van der Waals surface area contributed by atoms with Gasteiger partial charge in [0, 0.05) is 24.0 Å². The number of ether oxygens (including phenoxy) is 2. The van der Waals surface area contributed by atoms with Crippen molar-refractivity contribution in [2.45, 2.75) is 13.3 Å². The molecule has 1 fully saturated rings. The lowest BCUT2D eigenvalue weighted by molar-refractivity contribution is 0.0772. The summed E-state index contributed by atoms with van der Waals surface area (Å²) in [7, 11) is 0. The number of nitrogens with two attached hydrogens (primary N) is 1. The van der Waals surface area contributed by atoms with Crippen LogP contribution in [-0.2, 0) is 0 Å². The van der Waals surface area contributed by atoms with E-state index >= 15 is 0 Å². The molecule has 1 aromatic carbocycles. The van der Waals surface area contributed by atoms with E-state index in [0.717, 1.165) is 29.3 Å². The van der Waals surface area contributed by atoms with Crippen LogP contribution in [0.2, 0.25) is 0 Å². The zero-order valence-corrected chi connectivity index (χ0v) is 16.7. The highest BCUT2D eigenvalue weighted by molar-refractivity contribution is 7.13. The van der Waals surface area contributed by atoms with Crippen molar-refractivity contribution < 1.29 is 14.3 Å². The molecule has 1 atom stereocenters. The third-order valence-corrected chi connectivity index (χ3v) is 5.57. The molecule has 3 heterocycles. The molecule has 1 amide bonds. The van der Waals surface area contributed by atoms with Gasteiger partial charge in [-0.1, -0.05) is 6.92 Å². The Morgan fingerprint density at radius 2 is 2.12 bits per heavy atom. The first-order valence-corrected chi connectivity index (χ1v) is 8.81. The molecular formula is C17H21Cl2N3O3S. The number of fused-ring (bicyclic) bond motifs is 1. The molecule has 0 saturated carbocycles. The van der Waals surface area contributed by atoms with E-state index in [9.17, 15) is 4.79 Å². The maximum atomic E-state index is 12.7. The summed E-state index contributed by atoms with van der Waals surface area (Å²) in [4.78, 5) is 19.0. The fourth-order valence-electron chi connectivity index (χ4n) is 3.06. The number of nitrogens with zero attached hydrogens (tertiary/aromatic N) is 2. The van der Waals surface area contributed by atoms with Gasteiger partial charge in [0.1, 0.15) is 10.7 Å². The lowest BCUT2D eigenvalue weighted by Gasteiger charge is -2.22. The number of hydrogen-bond donors (Lipinski definition) is 1. The van der Waals surface area contributed by atoms with Crippen LogP contribution in [0.5, 0.6) is 11.5 Å². The topological polar surface area (TPSA) is 77.7 Å². The number of aromatic nitrogens is 1. The maximum Gasteiger partial charge on any atom is 0.273 e. The molecule has 6 nitrogen and oxygen atoms in total.